The normalized spacial score (nSPS) is 14.2. The van der Waals surface area contributed by atoms with E-state index in [0.29, 0.717) is 38.8 Å². The van der Waals surface area contributed by atoms with Gasteiger partial charge in [-0.2, -0.15) is 0 Å². The van der Waals surface area contributed by atoms with Crippen molar-refractivity contribution in [2.75, 3.05) is 26.3 Å². The van der Waals surface area contributed by atoms with Crippen LogP contribution in [0.25, 0.3) is 0 Å². The number of carbonyl (C=O) groups excluding carboxylic acids is 2. The van der Waals surface area contributed by atoms with Gasteiger partial charge in [0, 0.05) is 6.54 Å². The van der Waals surface area contributed by atoms with Crippen molar-refractivity contribution in [1.82, 2.24) is 5.32 Å². The number of hydrogen-bond acceptors (Lipinski definition) is 11. The summed E-state index contributed by atoms with van der Waals surface area (Å²) in [6.45, 7) is 0.132. The highest BCUT2D eigenvalue weighted by atomic mass is 16.6. The Morgan fingerprint density at radius 2 is 1.43 bits per heavy atom. The molecule has 164 valence electrons. The molecule has 0 saturated carbocycles. The summed E-state index contributed by atoms with van der Waals surface area (Å²) >= 11 is 0. The van der Waals surface area contributed by atoms with Crippen LogP contribution in [0.5, 0.6) is 0 Å². The number of aliphatic imine (C=N–C) groups is 1. The topological polar surface area (TPSA) is 253 Å². The van der Waals surface area contributed by atoms with Crippen LogP contribution >= 0.6 is 0 Å². The first-order valence-corrected chi connectivity index (χ1v) is 8.96. The van der Waals surface area contributed by atoms with E-state index in [9.17, 15) is 14.7 Å². The predicted octanol–water partition coefficient (Wildman–Crippen LogP) is -4.29. The molecule has 0 aliphatic heterocycles. The first-order chi connectivity index (χ1) is 13.1. The number of nitrogens with zero attached hydrogens (tertiary/aromatic N) is 1. The molecule has 0 fully saturated rings. The third-order valence-corrected chi connectivity index (χ3v) is 3.48. The minimum absolute atomic E-state index is 0.0371. The molecule has 0 aliphatic carbocycles. The third-order valence-electron chi connectivity index (χ3n) is 3.48. The molecule has 14 N–H and O–H groups in total. The maximum atomic E-state index is 11.7. The van der Waals surface area contributed by atoms with Gasteiger partial charge in [0.25, 0.3) is 0 Å². The number of aliphatic hydroxyl groups excluding tert-OH is 1. The van der Waals surface area contributed by atoms with Gasteiger partial charge in [-0.3, -0.25) is 19.9 Å². The third kappa shape index (κ3) is 14.1. The molecule has 0 bridgehead atoms. The molecule has 0 aromatic rings. The first-order valence-electron chi connectivity index (χ1n) is 8.96. The minimum Gasteiger partial charge on any atom is -0.462 e. The van der Waals surface area contributed by atoms with E-state index in [4.69, 9.17) is 43.9 Å². The Morgan fingerprint density at radius 1 is 0.929 bits per heavy atom. The van der Waals surface area contributed by atoms with E-state index in [-0.39, 0.29) is 19.2 Å². The summed E-state index contributed by atoms with van der Waals surface area (Å²) in [5.41, 5.74) is 32.4. The molecule has 3 atom stereocenters. The van der Waals surface area contributed by atoms with Gasteiger partial charge in [-0.15, -0.1) is 0 Å². The van der Waals surface area contributed by atoms with E-state index >= 15 is 0 Å². The number of ether oxygens (including phenoxy) is 2. The summed E-state index contributed by atoms with van der Waals surface area (Å²) in [7, 11) is 0. The largest absolute Gasteiger partial charge is 0.462 e. The van der Waals surface area contributed by atoms with Crippen LogP contribution in [0.2, 0.25) is 0 Å². The molecule has 13 heteroatoms. The summed E-state index contributed by atoms with van der Waals surface area (Å²) < 4.78 is 9.78. The average Bonchev–Trinajstić information content (AvgIpc) is 2.63. The van der Waals surface area contributed by atoms with Crippen molar-refractivity contribution in [3.8, 4) is 0 Å². The van der Waals surface area contributed by atoms with E-state index in [0.717, 1.165) is 0 Å². The lowest BCUT2D eigenvalue weighted by Crippen LogP contribution is -2.45. The monoisotopic (exact) mass is 406 g/mol. The summed E-state index contributed by atoms with van der Waals surface area (Å²) in [5.74, 6) is -1.39. The second-order valence-corrected chi connectivity index (χ2v) is 6.20. The van der Waals surface area contributed by atoms with Gasteiger partial charge in [0.05, 0.1) is 0 Å². The van der Waals surface area contributed by atoms with Crippen molar-refractivity contribution >= 4 is 17.9 Å². The van der Waals surface area contributed by atoms with E-state index in [2.05, 4.69) is 10.3 Å². The van der Waals surface area contributed by atoms with Crippen LogP contribution in [0.3, 0.4) is 0 Å². The Morgan fingerprint density at radius 3 is 1.89 bits per heavy atom. The van der Waals surface area contributed by atoms with Crippen LogP contribution in [0.4, 0.5) is 0 Å². The number of esters is 2. The molecule has 0 heterocycles. The Kier molecular flexibility index (Phi) is 13.9. The van der Waals surface area contributed by atoms with Gasteiger partial charge in [-0.1, -0.05) is 0 Å². The van der Waals surface area contributed by atoms with Gasteiger partial charge in [0.1, 0.15) is 37.7 Å². The first kappa shape index (κ1) is 26.0. The van der Waals surface area contributed by atoms with E-state index in [1.165, 1.54) is 0 Å². The lowest BCUT2D eigenvalue weighted by atomic mass is 10.1. The number of aliphatic hydroxyl groups is 1. The molecule has 0 saturated heterocycles. The summed E-state index contributed by atoms with van der Waals surface area (Å²) in [5, 5.41) is 12.5. The molecular formula is C15H34N8O5. The summed E-state index contributed by atoms with van der Waals surface area (Å²) in [6, 6.07) is -1.71. The zero-order valence-corrected chi connectivity index (χ0v) is 16.0. The highest BCUT2D eigenvalue weighted by Gasteiger charge is 2.19. The van der Waals surface area contributed by atoms with Gasteiger partial charge in [-0.25, -0.2) is 0 Å². The van der Waals surface area contributed by atoms with Crippen molar-refractivity contribution < 1.29 is 24.2 Å². The Hall–Kier alpha value is -2.03. The van der Waals surface area contributed by atoms with Crippen LogP contribution in [0, 0.1) is 0 Å². The van der Waals surface area contributed by atoms with Crippen LogP contribution < -0.4 is 39.7 Å². The van der Waals surface area contributed by atoms with Crippen LogP contribution in [0.1, 0.15) is 25.7 Å². The Balaban J connectivity index is 3.92. The van der Waals surface area contributed by atoms with Gasteiger partial charge in [0.15, 0.2) is 5.96 Å². The van der Waals surface area contributed by atoms with Crippen molar-refractivity contribution in [2.45, 2.75) is 50.2 Å². The average molecular weight is 406 g/mol. The van der Waals surface area contributed by atoms with Gasteiger partial charge < -0.3 is 49.0 Å². The fraction of sp³-hybridized carbons (Fsp3) is 0.800. The van der Waals surface area contributed by atoms with E-state index in [1.54, 1.807) is 0 Å². The molecule has 0 aromatic carbocycles. The Labute approximate surface area is 164 Å². The quantitative estimate of drug-likeness (QED) is 0.0422. The lowest BCUT2D eigenvalue weighted by molar-refractivity contribution is -0.154. The standard InChI is InChI=1S/C15H34N8O5/c16-10(3-1-5-22-14(18)19)12(25)27-7-9(24)8-28-13(26)11(17)4-2-6-23-15(20)21/h9-11,14,22,24H,1-8,16-19H2,(H4,20,21,23). The highest BCUT2D eigenvalue weighted by molar-refractivity contribution is 5.76. The number of carbonyl (C=O) groups is 2. The van der Waals surface area contributed by atoms with Crippen molar-refractivity contribution in [2.24, 2.45) is 39.4 Å². The zero-order chi connectivity index (χ0) is 21.5. The van der Waals surface area contributed by atoms with Gasteiger partial charge in [-0.05, 0) is 32.2 Å². The van der Waals surface area contributed by atoms with Crippen LogP contribution in [-0.4, -0.2) is 73.8 Å². The second kappa shape index (κ2) is 15.0. The molecule has 0 rings (SSSR count). The number of hydrogen-bond donors (Lipinski definition) is 8. The summed E-state index contributed by atoms with van der Waals surface area (Å²) in [6.07, 6.45) is -0.0719. The molecule has 0 amide bonds. The van der Waals surface area contributed by atoms with E-state index < -0.39 is 36.4 Å². The molecular weight excluding hydrogens is 372 g/mol. The predicted molar refractivity (Wildman–Crippen MR) is 103 cm³/mol. The molecule has 13 nitrogen and oxygen atoms in total. The molecule has 0 radical (unpaired) electrons. The van der Waals surface area contributed by atoms with Crippen LogP contribution in [-0.2, 0) is 19.1 Å². The summed E-state index contributed by atoms with van der Waals surface area (Å²) in [4.78, 5) is 27.2. The maximum absolute atomic E-state index is 11.7. The smallest absolute Gasteiger partial charge is 0.323 e. The Bertz CT molecular complexity index is 487. The molecule has 0 spiro atoms. The minimum atomic E-state index is -1.19. The SMILES string of the molecule is NC(N)=NCCCC(N)C(=O)OCC(O)COC(=O)C(N)CCCNC(N)N. The van der Waals surface area contributed by atoms with Gasteiger partial charge >= 0.3 is 11.9 Å². The number of guanidine groups is 1. The molecule has 3 unspecified atom stereocenters. The number of nitrogens with one attached hydrogen (secondary N) is 1. The molecule has 0 aliphatic rings. The number of rotatable bonds is 15. The molecule has 28 heavy (non-hydrogen) atoms. The zero-order valence-electron chi connectivity index (χ0n) is 16.0. The van der Waals surface area contributed by atoms with Gasteiger partial charge in [0.2, 0.25) is 0 Å². The van der Waals surface area contributed by atoms with Crippen molar-refractivity contribution in [3.05, 3.63) is 0 Å². The van der Waals surface area contributed by atoms with Crippen molar-refractivity contribution in [3.63, 3.8) is 0 Å². The maximum Gasteiger partial charge on any atom is 0.323 e. The highest BCUT2D eigenvalue weighted by Crippen LogP contribution is 2.01. The fourth-order valence-corrected chi connectivity index (χ4v) is 1.96. The van der Waals surface area contributed by atoms with Crippen LogP contribution in [0.15, 0.2) is 4.99 Å². The lowest BCUT2D eigenvalue weighted by Gasteiger charge is -2.16. The number of nitrogens with two attached hydrogens (primary N) is 6. The molecule has 0 aromatic heterocycles. The fourth-order valence-electron chi connectivity index (χ4n) is 1.96. The van der Waals surface area contributed by atoms with Crippen molar-refractivity contribution in [1.29, 1.82) is 0 Å². The second-order valence-electron chi connectivity index (χ2n) is 6.20. The van der Waals surface area contributed by atoms with E-state index in [1.807, 2.05) is 0 Å².